The summed E-state index contributed by atoms with van der Waals surface area (Å²) in [6.45, 7) is 5.30. The summed E-state index contributed by atoms with van der Waals surface area (Å²) in [6.07, 6.45) is 6.21. The van der Waals surface area contributed by atoms with Gasteiger partial charge >= 0.3 is 5.97 Å². The highest BCUT2D eigenvalue weighted by Crippen LogP contribution is 2.33. The maximum absolute atomic E-state index is 13.4. The minimum atomic E-state index is -1.03. The zero-order valence-corrected chi connectivity index (χ0v) is 24.4. The fraction of sp³-hybridized carbons (Fsp3) is 0.394. The van der Waals surface area contributed by atoms with Crippen LogP contribution in [0.15, 0.2) is 60.7 Å². The second-order valence-corrected chi connectivity index (χ2v) is 11.2. The number of amides is 1. The monoisotopic (exact) mass is 561 g/mol. The zero-order valence-electron chi connectivity index (χ0n) is 23.6. The number of hydrogen-bond donors (Lipinski definition) is 2. The molecule has 0 spiro atoms. The lowest BCUT2D eigenvalue weighted by atomic mass is 9.93. The van der Waals surface area contributed by atoms with Crippen LogP contribution in [-0.4, -0.2) is 41.6 Å². The van der Waals surface area contributed by atoms with Gasteiger partial charge < -0.3 is 19.9 Å². The normalized spacial score (nSPS) is 13.8. The summed E-state index contributed by atoms with van der Waals surface area (Å²) in [4.78, 5) is 25.2. The molecule has 0 saturated carbocycles. The fourth-order valence-corrected chi connectivity index (χ4v) is 5.49. The van der Waals surface area contributed by atoms with Crippen LogP contribution in [0.25, 0.3) is 11.1 Å². The van der Waals surface area contributed by atoms with Crippen molar-refractivity contribution >= 4 is 23.6 Å². The van der Waals surface area contributed by atoms with Crippen molar-refractivity contribution in [1.82, 2.24) is 5.32 Å². The highest BCUT2D eigenvalue weighted by molar-refractivity contribution is 7.98. The van der Waals surface area contributed by atoms with Gasteiger partial charge in [-0.1, -0.05) is 62.2 Å². The maximum atomic E-state index is 13.4. The summed E-state index contributed by atoms with van der Waals surface area (Å²) in [5.74, 6) is 0.184. The Hall–Kier alpha value is -3.29. The Labute approximate surface area is 241 Å². The number of rotatable bonds is 14. The van der Waals surface area contributed by atoms with Gasteiger partial charge in [-0.3, -0.25) is 4.79 Å². The number of carboxylic acids is 1. The first-order chi connectivity index (χ1) is 19.4. The Kier molecular flexibility index (Phi) is 10.7. The van der Waals surface area contributed by atoms with Crippen molar-refractivity contribution in [2.24, 2.45) is 0 Å². The van der Waals surface area contributed by atoms with Gasteiger partial charge in [0, 0.05) is 12.0 Å². The molecule has 0 unspecified atom stereocenters. The smallest absolute Gasteiger partial charge is 0.326 e. The molecule has 1 aliphatic rings. The van der Waals surface area contributed by atoms with E-state index in [0.29, 0.717) is 24.3 Å². The van der Waals surface area contributed by atoms with Gasteiger partial charge in [0.2, 0.25) is 0 Å². The van der Waals surface area contributed by atoms with Gasteiger partial charge in [-0.2, -0.15) is 11.8 Å². The number of carboxylic acid groups (broad SMARTS) is 1. The number of ether oxygens (including phenoxy) is 2. The topological polar surface area (TPSA) is 84.9 Å². The van der Waals surface area contributed by atoms with Crippen LogP contribution in [0.5, 0.6) is 5.75 Å². The maximum Gasteiger partial charge on any atom is 0.326 e. The van der Waals surface area contributed by atoms with Crippen LogP contribution in [0.3, 0.4) is 0 Å². The molecule has 0 aliphatic carbocycles. The van der Waals surface area contributed by atoms with Crippen LogP contribution < -0.4 is 10.1 Å². The number of aryl methyl sites for hydroxylation is 1. The Balaban J connectivity index is 1.60. The van der Waals surface area contributed by atoms with E-state index in [0.717, 1.165) is 65.9 Å². The molecular formula is C33H39NO5S. The van der Waals surface area contributed by atoms with Gasteiger partial charge in [0.1, 0.15) is 11.8 Å². The highest BCUT2D eigenvalue weighted by atomic mass is 32.2. The number of thioether (sulfide) groups is 1. The Bertz CT molecular complexity index is 1320. The van der Waals surface area contributed by atoms with Crippen LogP contribution in [0.2, 0.25) is 0 Å². The lowest BCUT2D eigenvalue weighted by molar-refractivity contribution is -0.139. The number of nitrogens with one attached hydrogen (secondary N) is 1. The second-order valence-electron chi connectivity index (χ2n) is 10.2. The minimum Gasteiger partial charge on any atom is -0.493 e. The summed E-state index contributed by atoms with van der Waals surface area (Å²) in [5.41, 5.74) is 6.50. The molecule has 2 N–H and O–H groups in total. The number of hydrogen-bond acceptors (Lipinski definition) is 5. The Morgan fingerprint density at radius 2 is 1.90 bits per heavy atom. The molecule has 3 aromatic carbocycles. The Morgan fingerprint density at radius 1 is 1.07 bits per heavy atom. The third-order valence-electron chi connectivity index (χ3n) is 7.34. The van der Waals surface area contributed by atoms with E-state index >= 15 is 0 Å². The van der Waals surface area contributed by atoms with Crippen LogP contribution in [0.1, 0.15) is 71.3 Å². The van der Waals surface area contributed by atoms with Crippen molar-refractivity contribution in [3.63, 3.8) is 0 Å². The Morgan fingerprint density at radius 3 is 2.65 bits per heavy atom. The molecule has 1 aliphatic heterocycles. The highest BCUT2D eigenvalue weighted by Gasteiger charge is 2.23. The van der Waals surface area contributed by atoms with Crippen molar-refractivity contribution in [1.29, 1.82) is 0 Å². The summed E-state index contributed by atoms with van der Waals surface area (Å²) in [7, 11) is 0. The SMILES string of the molecule is CCCC[C@H](OCc1ccc(C(=O)N[C@@H](CCSC)C(=O)O)c(-c2ccccc2C)c1)c1ccc2c(c1)OCC2. The van der Waals surface area contributed by atoms with Crippen molar-refractivity contribution in [2.75, 3.05) is 18.6 Å². The molecule has 2 atom stereocenters. The van der Waals surface area contributed by atoms with E-state index < -0.39 is 17.9 Å². The van der Waals surface area contributed by atoms with E-state index in [2.05, 4.69) is 30.4 Å². The number of carbonyl (C=O) groups is 2. The number of unbranched alkanes of at least 4 members (excludes halogenated alkanes) is 1. The fourth-order valence-electron chi connectivity index (χ4n) is 5.02. The molecule has 6 nitrogen and oxygen atoms in total. The van der Waals surface area contributed by atoms with Gasteiger partial charge in [-0.05, 0) is 83.4 Å². The van der Waals surface area contributed by atoms with Crippen molar-refractivity contribution in [3.05, 3.63) is 88.5 Å². The summed E-state index contributed by atoms with van der Waals surface area (Å²) in [6, 6.07) is 19.1. The number of benzene rings is 3. The molecule has 40 heavy (non-hydrogen) atoms. The minimum absolute atomic E-state index is 0.0629. The molecule has 1 heterocycles. The molecule has 0 fully saturated rings. The largest absolute Gasteiger partial charge is 0.493 e. The van der Waals surface area contributed by atoms with Crippen LogP contribution in [-0.2, 0) is 22.6 Å². The van der Waals surface area contributed by atoms with E-state index in [1.54, 1.807) is 17.8 Å². The first-order valence-electron chi connectivity index (χ1n) is 14.0. The lowest BCUT2D eigenvalue weighted by Crippen LogP contribution is -2.41. The van der Waals surface area contributed by atoms with Gasteiger partial charge in [0.15, 0.2) is 0 Å². The predicted molar refractivity (Wildman–Crippen MR) is 161 cm³/mol. The first-order valence-corrected chi connectivity index (χ1v) is 15.4. The average molecular weight is 562 g/mol. The van der Waals surface area contributed by atoms with Crippen LogP contribution in [0.4, 0.5) is 0 Å². The summed E-state index contributed by atoms with van der Waals surface area (Å²) < 4.78 is 12.3. The van der Waals surface area contributed by atoms with Crippen LogP contribution >= 0.6 is 11.8 Å². The van der Waals surface area contributed by atoms with Crippen molar-refractivity contribution in [2.45, 2.75) is 64.7 Å². The predicted octanol–water partition coefficient (Wildman–Crippen LogP) is 6.98. The second kappa shape index (κ2) is 14.4. The first kappa shape index (κ1) is 29.7. The molecule has 7 heteroatoms. The summed E-state index contributed by atoms with van der Waals surface area (Å²) >= 11 is 1.56. The quantitative estimate of drug-likeness (QED) is 0.221. The van der Waals surface area contributed by atoms with Crippen molar-refractivity contribution in [3.8, 4) is 16.9 Å². The van der Waals surface area contributed by atoms with E-state index in [4.69, 9.17) is 9.47 Å². The third-order valence-corrected chi connectivity index (χ3v) is 7.98. The standard InChI is InChI=1S/C33H39NO5S/c1-4-5-10-30(25-13-12-24-15-17-38-31(24)20-25)39-21-23-11-14-27(28(19-23)26-9-7-6-8-22(26)2)32(35)34-29(33(36)37)16-18-40-3/h6-9,11-14,19-20,29-30H,4-5,10,15-18,21H2,1-3H3,(H,34,35)(H,36,37)/t29-,30-/m0/s1. The molecule has 4 rings (SSSR count). The van der Waals surface area contributed by atoms with Gasteiger partial charge in [0.25, 0.3) is 5.91 Å². The molecule has 1 amide bonds. The van der Waals surface area contributed by atoms with E-state index in [1.807, 2.05) is 49.6 Å². The van der Waals surface area contributed by atoms with Gasteiger partial charge in [-0.15, -0.1) is 0 Å². The molecule has 0 aromatic heterocycles. The summed E-state index contributed by atoms with van der Waals surface area (Å²) in [5, 5.41) is 12.4. The van der Waals surface area contributed by atoms with Gasteiger partial charge in [0.05, 0.1) is 19.3 Å². The zero-order chi connectivity index (χ0) is 28.5. The van der Waals surface area contributed by atoms with Crippen LogP contribution in [0, 0.1) is 6.92 Å². The molecule has 0 saturated heterocycles. The van der Waals surface area contributed by atoms with Crippen molar-refractivity contribution < 1.29 is 24.2 Å². The third kappa shape index (κ3) is 7.46. The molecular weight excluding hydrogens is 522 g/mol. The van der Waals surface area contributed by atoms with E-state index in [1.165, 1.54) is 5.56 Å². The average Bonchev–Trinajstić information content (AvgIpc) is 3.43. The molecule has 3 aromatic rings. The van der Waals surface area contributed by atoms with Gasteiger partial charge in [-0.25, -0.2) is 4.79 Å². The van der Waals surface area contributed by atoms with E-state index in [9.17, 15) is 14.7 Å². The number of fused-ring (bicyclic) bond motifs is 1. The number of aliphatic carboxylic acids is 1. The molecule has 0 radical (unpaired) electrons. The molecule has 0 bridgehead atoms. The van der Waals surface area contributed by atoms with E-state index in [-0.39, 0.29) is 6.10 Å². The number of carbonyl (C=O) groups excluding carboxylic acids is 1. The lowest BCUT2D eigenvalue weighted by Gasteiger charge is -2.20. The molecule has 212 valence electrons.